The molecular weight excluding hydrogens is 310 g/mol. The minimum absolute atomic E-state index is 0.0860. The Balaban J connectivity index is 1.70. The molecule has 118 valence electrons. The fourth-order valence-electron chi connectivity index (χ4n) is 2.15. The van der Waals surface area contributed by atoms with Crippen molar-refractivity contribution in [3.05, 3.63) is 47.3 Å². The lowest BCUT2D eigenvalue weighted by Crippen LogP contribution is -2.13. The highest BCUT2D eigenvalue weighted by atomic mass is 32.2. The van der Waals surface area contributed by atoms with Gasteiger partial charge in [0.25, 0.3) is 5.78 Å². The Kier molecular flexibility index (Phi) is 4.29. The predicted molar refractivity (Wildman–Crippen MR) is 90.8 cm³/mol. The third-order valence-electron chi connectivity index (χ3n) is 3.63. The average molecular weight is 327 g/mol. The fraction of sp³-hybridized carbons (Fsp3) is 0.250. The van der Waals surface area contributed by atoms with E-state index in [4.69, 9.17) is 0 Å². The van der Waals surface area contributed by atoms with Gasteiger partial charge in [0.1, 0.15) is 0 Å². The van der Waals surface area contributed by atoms with Crippen molar-refractivity contribution in [2.24, 2.45) is 0 Å². The molecule has 0 bridgehead atoms. The summed E-state index contributed by atoms with van der Waals surface area (Å²) in [5.41, 5.74) is 3.84. The summed E-state index contributed by atoms with van der Waals surface area (Å²) in [6.07, 6.45) is 0. The highest BCUT2D eigenvalue weighted by Gasteiger charge is 2.12. The minimum Gasteiger partial charge on any atom is -0.325 e. The van der Waals surface area contributed by atoms with E-state index in [2.05, 4.69) is 20.4 Å². The topological polar surface area (TPSA) is 72.2 Å². The Morgan fingerprint density at radius 3 is 2.65 bits per heavy atom. The normalized spacial score (nSPS) is 10.9. The summed E-state index contributed by atoms with van der Waals surface area (Å²) >= 11 is 1.30. The molecule has 0 aliphatic heterocycles. The standard InChI is InChI=1S/C16H17N5OS/c1-10-11(2)17-15-19-16(20-21(15)12(10)3)23-9-14(22)18-13-7-5-4-6-8-13/h4-8H,9H2,1-3H3,(H,18,22). The van der Waals surface area contributed by atoms with Gasteiger partial charge < -0.3 is 5.32 Å². The van der Waals surface area contributed by atoms with E-state index in [0.717, 1.165) is 22.6 Å². The van der Waals surface area contributed by atoms with Gasteiger partial charge in [0, 0.05) is 17.1 Å². The van der Waals surface area contributed by atoms with Crippen LogP contribution in [0.5, 0.6) is 0 Å². The Bertz CT molecular complexity index is 860. The molecule has 3 rings (SSSR count). The van der Waals surface area contributed by atoms with Crippen molar-refractivity contribution < 1.29 is 4.79 Å². The Morgan fingerprint density at radius 1 is 1.17 bits per heavy atom. The Labute approximate surface area is 138 Å². The maximum atomic E-state index is 12.0. The zero-order valence-electron chi connectivity index (χ0n) is 13.2. The zero-order valence-corrected chi connectivity index (χ0v) is 14.0. The van der Waals surface area contributed by atoms with Crippen molar-refractivity contribution in [2.45, 2.75) is 25.9 Å². The molecule has 2 heterocycles. The highest BCUT2D eigenvalue weighted by Crippen LogP contribution is 2.18. The molecule has 1 aromatic carbocycles. The monoisotopic (exact) mass is 327 g/mol. The van der Waals surface area contributed by atoms with Gasteiger partial charge in [0.15, 0.2) is 0 Å². The van der Waals surface area contributed by atoms with Crippen LogP contribution in [0.15, 0.2) is 35.5 Å². The summed E-state index contributed by atoms with van der Waals surface area (Å²) in [5, 5.41) is 7.81. The summed E-state index contributed by atoms with van der Waals surface area (Å²) in [7, 11) is 0. The quantitative estimate of drug-likeness (QED) is 0.746. The molecule has 3 aromatic rings. The first-order chi connectivity index (χ1) is 11.0. The van der Waals surface area contributed by atoms with E-state index in [9.17, 15) is 4.79 Å². The Hall–Kier alpha value is -2.41. The number of amides is 1. The molecule has 0 saturated heterocycles. The van der Waals surface area contributed by atoms with Crippen LogP contribution in [-0.4, -0.2) is 31.2 Å². The van der Waals surface area contributed by atoms with Gasteiger partial charge in [-0.1, -0.05) is 30.0 Å². The molecule has 0 atom stereocenters. The number of nitrogens with one attached hydrogen (secondary N) is 1. The summed E-state index contributed by atoms with van der Waals surface area (Å²) < 4.78 is 1.72. The molecule has 1 N–H and O–H groups in total. The highest BCUT2D eigenvalue weighted by molar-refractivity contribution is 7.99. The van der Waals surface area contributed by atoms with Crippen molar-refractivity contribution >= 4 is 29.1 Å². The number of fused-ring (bicyclic) bond motifs is 1. The van der Waals surface area contributed by atoms with Gasteiger partial charge in [-0.05, 0) is 38.5 Å². The van der Waals surface area contributed by atoms with Crippen molar-refractivity contribution in [2.75, 3.05) is 11.1 Å². The SMILES string of the molecule is Cc1nc2nc(SCC(=O)Nc3ccccc3)nn2c(C)c1C. The number of carbonyl (C=O) groups is 1. The summed E-state index contributed by atoms with van der Waals surface area (Å²) in [6, 6.07) is 9.37. The van der Waals surface area contributed by atoms with E-state index < -0.39 is 0 Å². The number of benzene rings is 1. The lowest BCUT2D eigenvalue weighted by molar-refractivity contribution is -0.113. The summed E-state index contributed by atoms with van der Waals surface area (Å²) in [6.45, 7) is 5.96. The maximum absolute atomic E-state index is 12.0. The molecule has 7 heteroatoms. The molecule has 6 nitrogen and oxygen atoms in total. The van der Waals surface area contributed by atoms with E-state index in [1.54, 1.807) is 4.52 Å². The van der Waals surface area contributed by atoms with E-state index in [1.165, 1.54) is 11.8 Å². The first-order valence-corrected chi connectivity index (χ1v) is 8.21. The fourth-order valence-corrected chi connectivity index (χ4v) is 2.77. The summed E-state index contributed by atoms with van der Waals surface area (Å²) in [4.78, 5) is 20.8. The van der Waals surface area contributed by atoms with Crippen LogP contribution in [0.25, 0.3) is 5.78 Å². The molecule has 1 amide bonds. The Morgan fingerprint density at radius 2 is 1.91 bits per heavy atom. The third kappa shape index (κ3) is 3.34. The van der Waals surface area contributed by atoms with Crippen molar-refractivity contribution in [1.82, 2.24) is 19.6 Å². The van der Waals surface area contributed by atoms with E-state index in [1.807, 2.05) is 51.1 Å². The molecule has 2 aromatic heterocycles. The second-order valence-corrected chi connectivity index (χ2v) is 6.16. The van der Waals surface area contributed by atoms with Gasteiger partial charge in [-0.2, -0.15) is 4.98 Å². The number of para-hydroxylation sites is 1. The van der Waals surface area contributed by atoms with Crippen LogP contribution in [0.2, 0.25) is 0 Å². The van der Waals surface area contributed by atoms with Crippen molar-refractivity contribution in [1.29, 1.82) is 0 Å². The largest absolute Gasteiger partial charge is 0.325 e. The second-order valence-electron chi connectivity index (χ2n) is 5.22. The van der Waals surface area contributed by atoms with Gasteiger partial charge in [0.2, 0.25) is 11.1 Å². The van der Waals surface area contributed by atoms with E-state index in [-0.39, 0.29) is 11.7 Å². The molecular formula is C16H17N5OS. The van der Waals surface area contributed by atoms with Crippen molar-refractivity contribution in [3.8, 4) is 0 Å². The van der Waals surface area contributed by atoms with E-state index >= 15 is 0 Å². The molecule has 0 spiro atoms. The lowest BCUT2D eigenvalue weighted by atomic mass is 10.2. The van der Waals surface area contributed by atoms with Crippen LogP contribution in [0.3, 0.4) is 0 Å². The van der Waals surface area contributed by atoms with Crippen LogP contribution < -0.4 is 5.32 Å². The number of carbonyl (C=O) groups excluding carboxylic acids is 1. The van der Waals surface area contributed by atoms with Gasteiger partial charge in [-0.15, -0.1) is 5.10 Å². The molecule has 0 aliphatic rings. The van der Waals surface area contributed by atoms with Crippen LogP contribution in [-0.2, 0) is 4.79 Å². The smallest absolute Gasteiger partial charge is 0.253 e. The first kappa shape index (κ1) is 15.5. The number of anilines is 1. The number of aromatic nitrogens is 4. The van der Waals surface area contributed by atoms with Crippen LogP contribution >= 0.6 is 11.8 Å². The molecule has 0 radical (unpaired) electrons. The number of rotatable bonds is 4. The first-order valence-electron chi connectivity index (χ1n) is 7.23. The average Bonchev–Trinajstić information content (AvgIpc) is 2.95. The number of nitrogens with zero attached hydrogens (tertiary/aromatic N) is 4. The molecule has 23 heavy (non-hydrogen) atoms. The van der Waals surface area contributed by atoms with Gasteiger partial charge in [-0.3, -0.25) is 4.79 Å². The van der Waals surface area contributed by atoms with Crippen LogP contribution in [0, 0.1) is 20.8 Å². The number of hydrogen-bond acceptors (Lipinski definition) is 5. The van der Waals surface area contributed by atoms with Gasteiger partial charge >= 0.3 is 0 Å². The zero-order chi connectivity index (χ0) is 16.4. The minimum atomic E-state index is -0.0860. The van der Waals surface area contributed by atoms with Gasteiger partial charge in [-0.25, -0.2) is 9.50 Å². The van der Waals surface area contributed by atoms with Crippen molar-refractivity contribution in [3.63, 3.8) is 0 Å². The van der Waals surface area contributed by atoms with Crippen LogP contribution in [0.4, 0.5) is 5.69 Å². The second kappa shape index (κ2) is 6.37. The van der Waals surface area contributed by atoms with E-state index in [0.29, 0.717) is 10.9 Å². The molecule has 0 aliphatic carbocycles. The molecule has 0 saturated carbocycles. The number of thioether (sulfide) groups is 1. The predicted octanol–water partition coefficient (Wildman–Crippen LogP) is 2.78. The summed E-state index contributed by atoms with van der Waals surface area (Å²) in [5.74, 6) is 0.733. The maximum Gasteiger partial charge on any atom is 0.253 e. The van der Waals surface area contributed by atoms with Crippen LogP contribution in [0.1, 0.15) is 17.0 Å². The lowest BCUT2D eigenvalue weighted by Gasteiger charge is -2.04. The number of aryl methyl sites for hydroxylation is 2. The molecule has 0 fully saturated rings. The number of hydrogen-bond donors (Lipinski definition) is 1. The molecule has 0 unspecified atom stereocenters. The third-order valence-corrected chi connectivity index (χ3v) is 4.47. The van der Waals surface area contributed by atoms with Gasteiger partial charge in [0.05, 0.1) is 5.75 Å².